The summed E-state index contributed by atoms with van der Waals surface area (Å²) in [6.07, 6.45) is 5.57. The number of nitrogens with zero attached hydrogens (tertiary/aromatic N) is 3. The van der Waals surface area contributed by atoms with Crippen LogP contribution in [0, 0.1) is 5.92 Å². The number of aromatic nitrogens is 1. The molecule has 2 N–H and O–H groups in total. The predicted molar refractivity (Wildman–Crippen MR) is 103 cm³/mol. The Morgan fingerprint density at radius 2 is 2.08 bits per heavy atom. The van der Waals surface area contributed by atoms with Gasteiger partial charge in [-0.05, 0) is 50.7 Å². The third-order valence-electron chi connectivity index (χ3n) is 4.68. The van der Waals surface area contributed by atoms with Gasteiger partial charge in [-0.25, -0.2) is 9.98 Å². The Kier molecular flexibility index (Phi) is 7.35. The highest BCUT2D eigenvalue weighted by Crippen LogP contribution is 2.21. The summed E-state index contributed by atoms with van der Waals surface area (Å²) in [7, 11) is 0. The highest BCUT2D eigenvalue weighted by molar-refractivity contribution is 5.80. The van der Waals surface area contributed by atoms with Crippen molar-refractivity contribution in [2.75, 3.05) is 24.5 Å². The first kappa shape index (κ1) is 18.6. The molecule has 5 nitrogen and oxygen atoms in total. The summed E-state index contributed by atoms with van der Waals surface area (Å²) < 4.78 is 0. The van der Waals surface area contributed by atoms with Crippen LogP contribution in [0.5, 0.6) is 0 Å². The van der Waals surface area contributed by atoms with Gasteiger partial charge in [-0.2, -0.15) is 0 Å². The number of piperidine rings is 1. The molecule has 0 aromatic carbocycles. The lowest BCUT2D eigenvalue weighted by molar-refractivity contribution is 0.436. The van der Waals surface area contributed by atoms with Crippen LogP contribution in [0.3, 0.4) is 0 Å². The molecule has 0 aliphatic carbocycles. The van der Waals surface area contributed by atoms with Gasteiger partial charge in [-0.3, -0.25) is 0 Å². The molecule has 1 unspecified atom stereocenters. The zero-order valence-corrected chi connectivity index (χ0v) is 15.7. The molecule has 1 atom stereocenters. The molecule has 2 heterocycles. The van der Waals surface area contributed by atoms with Crippen molar-refractivity contribution in [3.05, 3.63) is 23.9 Å². The second kappa shape index (κ2) is 9.50. The molecule has 1 aliphatic heterocycles. The maximum absolute atomic E-state index is 4.66. The van der Waals surface area contributed by atoms with Crippen LogP contribution in [0.1, 0.15) is 52.5 Å². The van der Waals surface area contributed by atoms with E-state index in [4.69, 9.17) is 0 Å². The highest BCUT2D eigenvalue weighted by atomic mass is 15.2. The number of hydrogen-bond acceptors (Lipinski definition) is 3. The van der Waals surface area contributed by atoms with Crippen LogP contribution in [-0.4, -0.2) is 36.6 Å². The molecule has 1 fully saturated rings. The first-order valence-electron chi connectivity index (χ1n) is 9.37. The lowest BCUT2D eigenvalue weighted by Crippen LogP contribution is -2.41. The van der Waals surface area contributed by atoms with Crippen molar-refractivity contribution < 1.29 is 0 Å². The van der Waals surface area contributed by atoms with Gasteiger partial charge in [0.1, 0.15) is 5.82 Å². The van der Waals surface area contributed by atoms with Crippen LogP contribution in [0.25, 0.3) is 0 Å². The minimum absolute atomic E-state index is 0.421. The normalized spacial score (nSPS) is 17.7. The van der Waals surface area contributed by atoms with Gasteiger partial charge >= 0.3 is 0 Å². The smallest absolute Gasteiger partial charge is 0.191 e. The number of hydrogen-bond donors (Lipinski definition) is 2. The molecule has 1 saturated heterocycles. The first-order valence-corrected chi connectivity index (χ1v) is 9.37. The second-order valence-corrected chi connectivity index (χ2v) is 6.84. The van der Waals surface area contributed by atoms with E-state index in [0.717, 1.165) is 49.3 Å². The average molecular weight is 332 g/mol. The number of guanidine groups is 1. The monoisotopic (exact) mass is 331 g/mol. The Labute approximate surface area is 147 Å². The van der Waals surface area contributed by atoms with E-state index in [1.54, 1.807) is 0 Å². The van der Waals surface area contributed by atoms with E-state index in [1.807, 2.05) is 6.20 Å². The van der Waals surface area contributed by atoms with Crippen LogP contribution < -0.4 is 15.5 Å². The fraction of sp³-hybridized carbons (Fsp3) is 0.684. The number of anilines is 1. The third kappa shape index (κ3) is 5.69. The van der Waals surface area contributed by atoms with Gasteiger partial charge in [0.25, 0.3) is 0 Å². The van der Waals surface area contributed by atoms with Crippen molar-refractivity contribution in [3.8, 4) is 0 Å². The Hall–Kier alpha value is -1.78. The number of rotatable bonds is 6. The van der Waals surface area contributed by atoms with Gasteiger partial charge in [0, 0.05) is 31.9 Å². The van der Waals surface area contributed by atoms with Crippen LogP contribution in [-0.2, 0) is 6.54 Å². The zero-order chi connectivity index (χ0) is 17.4. The first-order chi connectivity index (χ1) is 11.6. The quantitative estimate of drug-likeness (QED) is 0.621. The van der Waals surface area contributed by atoms with Crippen LogP contribution in [0.4, 0.5) is 5.82 Å². The summed E-state index contributed by atoms with van der Waals surface area (Å²) in [5.41, 5.74) is 1.14. The van der Waals surface area contributed by atoms with Gasteiger partial charge in [0.15, 0.2) is 5.96 Å². The predicted octanol–water partition coefficient (Wildman–Crippen LogP) is 3.17. The molecular formula is C19H33N5. The molecule has 5 heteroatoms. The molecule has 1 aromatic heterocycles. The van der Waals surface area contributed by atoms with Crippen molar-refractivity contribution in [3.63, 3.8) is 0 Å². The Morgan fingerprint density at radius 1 is 1.33 bits per heavy atom. The van der Waals surface area contributed by atoms with E-state index in [1.165, 1.54) is 12.8 Å². The van der Waals surface area contributed by atoms with Crippen LogP contribution >= 0.6 is 0 Å². The van der Waals surface area contributed by atoms with E-state index in [-0.39, 0.29) is 0 Å². The third-order valence-corrected chi connectivity index (χ3v) is 4.68. The number of aliphatic imine (C=N–C) groups is 1. The molecule has 1 aliphatic rings. The fourth-order valence-electron chi connectivity index (χ4n) is 2.76. The second-order valence-electron chi connectivity index (χ2n) is 6.84. The van der Waals surface area contributed by atoms with E-state index in [0.29, 0.717) is 12.6 Å². The molecule has 1 aromatic rings. The van der Waals surface area contributed by atoms with E-state index < -0.39 is 0 Å². The molecule has 0 spiro atoms. The van der Waals surface area contributed by atoms with Crippen molar-refractivity contribution >= 4 is 11.8 Å². The minimum Gasteiger partial charge on any atom is -0.357 e. The molecular weight excluding hydrogens is 298 g/mol. The Balaban J connectivity index is 1.93. The van der Waals surface area contributed by atoms with E-state index in [2.05, 4.69) is 65.3 Å². The fourth-order valence-corrected chi connectivity index (χ4v) is 2.76. The largest absolute Gasteiger partial charge is 0.357 e. The topological polar surface area (TPSA) is 52.6 Å². The lowest BCUT2D eigenvalue weighted by Gasteiger charge is -2.31. The zero-order valence-electron chi connectivity index (χ0n) is 15.7. The average Bonchev–Trinajstić information content (AvgIpc) is 2.61. The highest BCUT2D eigenvalue weighted by Gasteiger charge is 2.16. The number of pyridine rings is 1. The number of nitrogens with one attached hydrogen (secondary N) is 2. The van der Waals surface area contributed by atoms with E-state index >= 15 is 0 Å². The SMILES string of the molecule is CCNC(=NCc1ccc(N2CCC(C)CC2)nc1)NC(C)CC. The molecule has 2 rings (SSSR count). The van der Waals surface area contributed by atoms with Gasteiger partial charge in [-0.15, -0.1) is 0 Å². The summed E-state index contributed by atoms with van der Waals surface area (Å²) in [5, 5.41) is 6.71. The molecule has 134 valence electrons. The maximum atomic E-state index is 4.66. The van der Waals surface area contributed by atoms with Crippen molar-refractivity contribution in [2.45, 2.75) is 59.5 Å². The molecule has 0 bridgehead atoms. The molecule has 24 heavy (non-hydrogen) atoms. The summed E-state index contributed by atoms with van der Waals surface area (Å²) in [6.45, 7) is 12.5. The Morgan fingerprint density at radius 3 is 2.67 bits per heavy atom. The maximum Gasteiger partial charge on any atom is 0.191 e. The summed E-state index contributed by atoms with van der Waals surface area (Å²) in [6, 6.07) is 4.71. The summed E-state index contributed by atoms with van der Waals surface area (Å²) in [4.78, 5) is 11.7. The van der Waals surface area contributed by atoms with Crippen LogP contribution in [0.15, 0.2) is 23.3 Å². The molecule has 0 radical (unpaired) electrons. The Bertz CT molecular complexity index is 503. The molecule has 0 saturated carbocycles. The van der Waals surface area contributed by atoms with Gasteiger partial charge < -0.3 is 15.5 Å². The standard InChI is InChI=1S/C19H33N5/c1-5-16(4)23-19(20-6-2)22-14-17-7-8-18(21-13-17)24-11-9-15(3)10-12-24/h7-8,13,15-16H,5-6,9-12,14H2,1-4H3,(H2,20,22,23). The summed E-state index contributed by atoms with van der Waals surface area (Å²) in [5.74, 6) is 2.82. The van der Waals surface area contributed by atoms with E-state index in [9.17, 15) is 0 Å². The van der Waals surface area contributed by atoms with Crippen LogP contribution in [0.2, 0.25) is 0 Å². The van der Waals surface area contributed by atoms with Gasteiger partial charge in [0.05, 0.1) is 6.54 Å². The lowest BCUT2D eigenvalue weighted by atomic mass is 9.99. The van der Waals surface area contributed by atoms with Gasteiger partial charge in [-0.1, -0.05) is 19.9 Å². The molecule has 0 amide bonds. The summed E-state index contributed by atoms with van der Waals surface area (Å²) >= 11 is 0. The van der Waals surface area contributed by atoms with Crippen molar-refractivity contribution in [2.24, 2.45) is 10.9 Å². The van der Waals surface area contributed by atoms with Gasteiger partial charge in [0.2, 0.25) is 0 Å². The van der Waals surface area contributed by atoms with Crippen molar-refractivity contribution in [1.82, 2.24) is 15.6 Å². The van der Waals surface area contributed by atoms with Crippen molar-refractivity contribution in [1.29, 1.82) is 0 Å². The minimum atomic E-state index is 0.421.